The number of halogens is 1. The molecule has 2 aromatic carbocycles. The van der Waals surface area contributed by atoms with E-state index in [4.69, 9.17) is 4.74 Å². The highest BCUT2D eigenvalue weighted by molar-refractivity contribution is 7.92. The number of ether oxygens (including phenoxy) is 1. The van der Waals surface area contributed by atoms with Crippen LogP contribution in [0.3, 0.4) is 0 Å². The van der Waals surface area contributed by atoms with E-state index in [2.05, 4.69) is 34.0 Å². The molecule has 1 heterocycles. The van der Waals surface area contributed by atoms with Crippen molar-refractivity contribution < 1.29 is 17.9 Å². The summed E-state index contributed by atoms with van der Waals surface area (Å²) in [6.07, 6.45) is 9.54. The van der Waals surface area contributed by atoms with Crippen molar-refractivity contribution in [3.63, 3.8) is 0 Å². The van der Waals surface area contributed by atoms with Crippen LogP contribution in [0.2, 0.25) is 0 Å². The van der Waals surface area contributed by atoms with E-state index < -0.39 is 10.0 Å². The predicted octanol–water partition coefficient (Wildman–Crippen LogP) is 5.85. The summed E-state index contributed by atoms with van der Waals surface area (Å²) < 4.78 is 31.0. The molecule has 8 nitrogen and oxygen atoms in total. The number of piperidine rings is 1. The van der Waals surface area contributed by atoms with E-state index in [9.17, 15) is 13.2 Å². The van der Waals surface area contributed by atoms with Gasteiger partial charge in [-0.1, -0.05) is 31.4 Å². The molecule has 4 rings (SSSR count). The second kappa shape index (κ2) is 14.8. The second-order valence-electron chi connectivity index (χ2n) is 10.6. The zero-order chi connectivity index (χ0) is 27.0. The maximum Gasteiger partial charge on any atom is 0.317 e. The highest BCUT2D eigenvalue weighted by Crippen LogP contribution is 2.26. The van der Waals surface area contributed by atoms with Gasteiger partial charge in [0.25, 0.3) is 0 Å². The van der Waals surface area contributed by atoms with Gasteiger partial charge in [-0.25, -0.2) is 13.2 Å². The van der Waals surface area contributed by atoms with Gasteiger partial charge in [0.1, 0.15) is 11.5 Å². The van der Waals surface area contributed by atoms with Crippen LogP contribution >= 0.6 is 12.4 Å². The molecule has 39 heavy (non-hydrogen) atoms. The van der Waals surface area contributed by atoms with Crippen LogP contribution in [-0.2, 0) is 16.6 Å². The summed E-state index contributed by atoms with van der Waals surface area (Å²) in [5, 5.41) is 3.22. The van der Waals surface area contributed by atoms with Crippen LogP contribution in [-0.4, -0.2) is 62.7 Å². The van der Waals surface area contributed by atoms with Crippen LogP contribution in [0.25, 0.3) is 0 Å². The van der Waals surface area contributed by atoms with Gasteiger partial charge in [-0.05, 0) is 80.5 Å². The first-order valence-electron chi connectivity index (χ1n) is 13.9. The van der Waals surface area contributed by atoms with Crippen molar-refractivity contribution in [1.82, 2.24) is 15.1 Å². The maximum atomic E-state index is 12.9. The number of hydrogen-bond donors (Lipinski definition) is 2. The van der Waals surface area contributed by atoms with Crippen molar-refractivity contribution in [2.45, 2.75) is 64.5 Å². The fourth-order valence-corrected chi connectivity index (χ4v) is 6.11. The van der Waals surface area contributed by atoms with E-state index in [0.29, 0.717) is 23.4 Å². The molecule has 1 saturated heterocycles. The van der Waals surface area contributed by atoms with Gasteiger partial charge in [-0.15, -0.1) is 12.4 Å². The first kappa shape index (κ1) is 31.0. The zero-order valence-electron chi connectivity index (χ0n) is 23.1. The van der Waals surface area contributed by atoms with Gasteiger partial charge in [-0.3, -0.25) is 9.62 Å². The Balaban J connectivity index is 0.00000420. The minimum Gasteiger partial charge on any atom is -0.457 e. The van der Waals surface area contributed by atoms with Crippen molar-refractivity contribution in [3.8, 4) is 11.5 Å². The minimum absolute atomic E-state index is 0. The summed E-state index contributed by atoms with van der Waals surface area (Å²) in [4.78, 5) is 17.4. The van der Waals surface area contributed by atoms with E-state index >= 15 is 0 Å². The van der Waals surface area contributed by atoms with Crippen molar-refractivity contribution in [2.75, 3.05) is 37.2 Å². The van der Waals surface area contributed by atoms with E-state index in [1.165, 1.54) is 37.7 Å². The lowest BCUT2D eigenvalue weighted by atomic mass is 9.89. The quantitative estimate of drug-likeness (QED) is 0.369. The maximum absolute atomic E-state index is 12.9. The Kier molecular flexibility index (Phi) is 11.8. The molecule has 1 aliphatic carbocycles. The van der Waals surface area contributed by atoms with Crippen LogP contribution in [0.15, 0.2) is 48.5 Å². The Morgan fingerprint density at radius 1 is 0.949 bits per heavy atom. The SMILES string of the molecule is CCN(C(=O)NCC1CCCCC1)C1CCN(Cc2ccc(Oc3ccc(NS(C)(=O)=O)cc3)cc2)CC1.Cl. The lowest BCUT2D eigenvalue weighted by molar-refractivity contribution is 0.119. The standard InChI is InChI=1S/C29H42N4O4S.ClH/c1-3-33(29(34)30-21-23-7-5-4-6-8-23)26-17-19-32(20-18-26)22-24-9-13-27(14-10-24)37-28-15-11-25(12-16-28)31-38(2,35)36;/h9-16,23,26,31H,3-8,17-22H2,1-2H3,(H,30,34);1H. The number of sulfonamides is 1. The van der Waals surface area contributed by atoms with Gasteiger partial charge in [0, 0.05) is 44.5 Å². The summed E-state index contributed by atoms with van der Waals surface area (Å²) in [6, 6.07) is 15.3. The Bertz CT molecular complexity index is 1130. The van der Waals surface area contributed by atoms with Crippen molar-refractivity contribution >= 4 is 34.1 Å². The molecular formula is C29H43ClN4O4S. The molecule has 2 fully saturated rings. The molecule has 0 spiro atoms. The fourth-order valence-electron chi connectivity index (χ4n) is 5.54. The van der Waals surface area contributed by atoms with E-state index in [1.807, 2.05) is 17.0 Å². The van der Waals surface area contributed by atoms with Crippen LogP contribution < -0.4 is 14.8 Å². The van der Waals surface area contributed by atoms with Gasteiger partial charge in [0.15, 0.2) is 0 Å². The van der Waals surface area contributed by atoms with Gasteiger partial charge >= 0.3 is 6.03 Å². The van der Waals surface area contributed by atoms with Crippen LogP contribution in [0.1, 0.15) is 57.4 Å². The Labute approximate surface area is 239 Å². The van der Waals surface area contributed by atoms with Crippen LogP contribution in [0.5, 0.6) is 11.5 Å². The summed E-state index contributed by atoms with van der Waals surface area (Å²) in [5.74, 6) is 2.02. The zero-order valence-corrected chi connectivity index (χ0v) is 24.7. The molecule has 2 aromatic rings. The number of urea groups is 1. The highest BCUT2D eigenvalue weighted by atomic mass is 35.5. The average molecular weight is 579 g/mol. The Hall–Kier alpha value is -2.49. The number of hydrogen-bond acceptors (Lipinski definition) is 5. The molecule has 0 unspecified atom stereocenters. The normalized spacial score (nSPS) is 17.2. The first-order valence-corrected chi connectivity index (χ1v) is 15.8. The molecule has 2 amide bonds. The molecule has 1 saturated carbocycles. The van der Waals surface area contributed by atoms with Crippen LogP contribution in [0, 0.1) is 5.92 Å². The monoisotopic (exact) mass is 578 g/mol. The number of nitrogens with zero attached hydrogens (tertiary/aromatic N) is 2. The number of likely N-dealkylation sites (tertiary alicyclic amines) is 1. The molecule has 0 bridgehead atoms. The smallest absolute Gasteiger partial charge is 0.317 e. The Morgan fingerprint density at radius 3 is 2.10 bits per heavy atom. The van der Waals surface area contributed by atoms with Crippen molar-refractivity contribution in [1.29, 1.82) is 0 Å². The molecule has 10 heteroatoms. The number of nitrogens with one attached hydrogen (secondary N) is 2. The van der Waals surface area contributed by atoms with Crippen molar-refractivity contribution in [2.24, 2.45) is 5.92 Å². The van der Waals surface area contributed by atoms with Gasteiger partial charge in [-0.2, -0.15) is 0 Å². The number of anilines is 1. The number of carbonyl (C=O) groups is 1. The van der Waals surface area contributed by atoms with Gasteiger partial charge in [0.2, 0.25) is 10.0 Å². The lowest BCUT2D eigenvalue weighted by Crippen LogP contribution is -2.51. The van der Waals surface area contributed by atoms with E-state index in [-0.39, 0.29) is 18.4 Å². The molecule has 0 radical (unpaired) electrons. The largest absolute Gasteiger partial charge is 0.457 e. The fraction of sp³-hybridized carbons (Fsp3) is 0.552. The number of rotatable bonds is 10. The first-order chi connectivity index (χ1) is 18.3. The third-order valence-electron chi connectivity index (χ3n) is 7.59. The summed E-state index contributed by atoms with van der Waals surface area (Å²) >= 11 is 0. The molecule has 0 atom stereocenters. The topological polar surface area (TPSA) is 91.0 Å². The predicted molar refractivity (Wildman–Crippen MR) is 159 cm³/mol. The average Bonchev–Trinajstić information content (AvgIpc) is 2.91. The third-order valence-corrected chi connectivity index (χ3v) is 8.20. The van der Waals surface area contributed by atoms with Gasteiger partial charge in [0.05, 0.1) is 6.26 Å². The lowest BCUT2D eigenvalue weighted by Gasteiger charge is -2.38. The third kappa shape index (κ3) is 9.89. The summed E-state index contributed by atoms with van der Waals surface area (Å²) in [7, 11) is -3.30. The Morgan fingerprint density at radius 2 is 1.54 bits per heavy atom. The molecular weight excluding hydrogens is 536 g/mol. The number of benzene rings is 2. The minimum atomic E-state index is -3.30. The molecule has 0 aromatic heterocycles. The number of carbonyl (C=O) groups excluding carboxylic acids is 1. The van der Waals surface area contributed by atoms with Crippen LogP contribution in [0.4, 0.5) is 10.5 Å². The summed E-state index contributed by atoms with van der Waals surface area (Å²) in [5.41, 5.74) is 1.72. The van der Waals surface area contributed by atoms with Crippen molar-refractivity contribution in [3.05, 3.63) is 54.1 Å². The highest BCUT2D eigenvalue weighted by Gasteiger charge is 2.27. The van der Waals surface area contributed by atoms with Gasteiger partial charge < -0.3 is 15.0 Å². The summed E-state index contributed by atoms with van der Waals surface area (Å²) in [6.45, 7) is 6.47. The number of amides is 2. The molecule has 2 aliphatic rings. The molecule has 1 aliphatic heterocycles. The molecule has 2 N–H and O–H groups in total. The van der Waals surface area contributed by atoms with E-state index in [0.717, 1.165) is 57.6 Å². The van der Waals surface area contributed by atoms with E-state index in [1.54, 1.807) is 24.3 Å². The molecule has 216 valence electrons. The second-order valence-corrected chi connectivity index (χ2v) is 12.4.